The van der Waals surface area contributed by atoms with Crippen LogP contribution in [0.1, 0.15) is 386 Å². The van der Waals surface area contributed by atoms with Gasteiger partial charge in [0, 0.05) is 6.42 Å². The van der Waals surface area contributed by atoms with Crippen LogP contribution in [0.25, 0.3) is 0 Å². The van der Waals surface area contributed by atoms with Crippen LogP contribution in [-0.4, -0.2) is 87.5 Å². The van der Waals surface area contributed by atoms with Crippen LogP contribution in [0.4, 0.5) is 0 Å². The molecule has 0 aromatic rings. The molecule has 9 heteroatoms. The SMILES string of the molecule is CCCCCCCCCCCCCCCCC/C=C/CC/C=C/CC/C=C/C(O)C(COC1OC(CO)C(O)C(O)C1O)NC(=O)CCCCCCCCCCCCCCCCCCCCCCCCCCCCCCCCCCCCCCC. The zero-order valence-corrected chi connectivity index (χ0v) is 56.4. The second-order valence-corrected chi connectivity index (χ2v) is 26.4. The number of ether oxygens (including phenoxy) is 2. The Bertz CT molecular complexity index is 1440. The highest BCUT2D eigenvalue weighted by atomic mass is 16.7. The zero-order valence-electron chi connectivity index (χ0n) is 56.4. The van der Waals surface area contributed by atoms with Crippen LogP contribution < -0.4 is 5.32 Å². The first-order valence-corrected chi connectivity index (χ1v) is 37.7. The third-order valence-corrected chi connectivity index (χ3v) is 18.2. The average molecular weight is 1200 g/mol. The van der Waals surface area contributed by atoms with Crippen LogP contribution in [0.3, 0.4) is 0 Å². The van der Waals surface area contributed by atoms with Gasteiger partial charge in [-0.05, 0) is 44.9 Å². The van der Waals surface area contributed by atoms with Crippen molar-refractivity contribution in [1.29, 1.82) is 0 Å². The molecule has 0 aromatic carbocycles. The van der Waals surface area contributed by atoms with Crippen molar-refractivity contribution in [2.24, 2.45) is 0 Å². The fourth-order valence-corrected chi connectivity index (χ4v) is 12.3. The lowest BCUT2D eigenvalue weighted by atomic mass is 9.99. The molecule has 0 spiro atoms. The predicted octanol–water partition coefficient (Wildman–Crippen LogP) is 21.0. The van der Waals surface area contributed by atoms with Gasteiger partial charge in [0.05, 0.1) is 25.4 Å². The molecule has 7 unspecified atom stereocenters. The Morgan fingerprint density at radius 1 is 0.388 bits per heavy atom. The fraction of sp³-hybridized carbons (Fsp3) is 0.908. The third kappa shape index (κ3) is 53.9. The largest absolute Gasteiger partial charge is 0.394 e. The molecule has 0 bridgehead atoms. The zero-order chi connectivity index (χ0) is 61.4. The van der Waals surface area contributed by atoms with Crippen LogP contribution in [0, 0.1) is 0 Å². The molecule has 1 rings (SSSR count). The smallest absolute Gasteiger partial charge is 0.220 e. The summed E-state index contributed by atoms with van der Waals surface area (Å²) in [4.78, 5) is 13.1. The summed E-state index contributed by atoms with van der Waals surface area (Å²) in [7, 11) is 0. The molecular weight excluding hydrogens is 1050 g/mol. The summed E-state index contributed by atoms with van der Waals surface area (Å²) in [5, 5.41) is 54.8. The molecule has 502 valence electrons. The molecule has 1 heterocycles. The molecule has 0 aliphatic carbocycles. The van der Waals surface area contributed by atoms with Gasteiger partial charge in [-0.1, -0.05) is 371 Å². The lowest BCUT2D eigenvalue weighted by Gasteiger charge is -2.40. The standard InChI is InChI=1S/C76H145NO8/c1-3-5-7-9-11-13-15-17-19-21-23-25-27-29-30-31-32-33-34-35-36-37-38-39-40-42-44-46-48-50-52-54-56-58-60-62-64-66-72(80)77-69(68-84-76-75(83)74(82)73(81)71(67-78)85-76)70(79)65-63-61-59-57-55-53-51-49-47-45-43-41-28-26-24-22-20-18-16-14-12-10-8-6-4-2/h47,49,55,57,63,65,69-71,73-76,78-79,81-83H,3-46,48,50-54,56,58-62,64,66-68H2,1-2H3,(H,77,80)/b49-47+,57-55+,65-63+. The molecule has 0 radical (unpaired) electrons. The Hall–Kier alpha value is -1.59. The molecule has 1 saturated heterocycles. The first-order valence-electron chi connectivity index (χ1n) is 37.7. The number of rotatable bonds is 67. The molecule has 6 N–H and O–H groups in total. The highest BCUT2D eigenvalue weighted by Gasteiger charge is 2.44. The molecule has 1 aliphatic heterocycles. The number of unbranched alkanes of at least 4 members (excludes halogenated alkanes) is 53. The Labute approximate surface area is 527 Å². The topological polar surface area (TPSA) is 149 Å². The molecular formula is C76H145NO8. The maximum Gasteiger partial charge on any atom is 0.220 e. The number of allylic oxidation sites excluding steroid dienone is 5. The minimum Gasteiger partial charge on any atom is -0.394 e. The first-order chi connectivity index (χ1) is 41.8. The number of hydrogen-bond acceptors (Lipinski definition) is 8. The monoisotopic (exact) mass is 1200 g/mol. The maximum absolute atomic E-state index is 13.1. The molecule has 85 heavy (non-hydrogen) atoms. The van der Waals surface area contributed by atoms with E-state index in [1.165, 1.54) is 321 Å². The summed E-state index contributed by atoms with van der Waals surface area (Å²) < 4.78 is 11.3. The fourth-order valence-electron chi connectivity index (χ4n) is 12.3. The number of aliphatic hydroxyl groups excluding tert-OH is 5. The van der Waals surface area contributed by atoms with Gasteiger partial charge >= 0.3 is 0 Å². The summed E-state index contributed by atoms with van der Waals surface area (Å²) in [6.45, 7) is 3.82. The van der Waals surface area contributed by atoms with Gasteiger partial charge < -0.3 is 40.3 Å². The van der Waals surface area contributed by atoms with Gasteiger partial charge in [0.25, 0.3) is 0 Å². The highest BCUT2D eigenvalue weighted by molar-refractivity contribution is 5.76. The van der Waals surface area contributed by atoms with Gasteiger partial charge in [-0.15, -0.1) is 0 Å². The van der Waals surface area contributed by atoms with Crippen LogP contribution in [0.5, 0.6) is 0 Å². The Morgan fingerprint density at radius 3 is 0.988 bits per heavy atom. The lowest BCUT2D eigenvalue weighted by Crippen LogP contribution is -2.60. The van der Waals surface area contributed by atoms with Crippen molar-refractivity contribution in [3.05, 3.63) is 36.5 Å². The molecule has 1 amide bonds. The van der Waals surface area contributed by atoms with Crippen molar-refractivity contribution in [3.8, 4) is 0 Å². The molecule has 1 fully saturated rings. The van der Waals surface area contributed by atoms with E-state index in [9.17, 15) is 30.3 Å². The van der Waals surface area contributed by atoms with Crippen molar-refractivity contribution in [1.82, 2.24) is 5.32 Å². The number of nitrogens with one attached hydrogen (secondary N) is 1. The summed E-state index contributed by atoms with van der Waals surface area (Å²) in [5.41, 5.74) is 0. The van der Waals surface area contributed by atoms with Crippen molar-refractivity contribution < 1.29 is 39.8 Å². The van der Waals surface area contributed by atoms with Gasteiger partial charge in [0.1, 0.15) is 24.4 Å². The quantitative estimate of drug-likeness (QED) is 0.0261. The molecule has 9 nitrogen and oxygen atoms in total. The van der Waals surface area contributed by atoms with Crippen molar-refractivity contribution in [2.45, 2.75) is 429 Å². The Balaban J connectivity index is 2.09. The van der Waals surface area contributed by atoms with Crippen LogP contribution in [0.2, 0.25) is 0 Å². The number of aliphatic hydroxyl groups is 5. The van der Waals surface area contributed by atoms with Gasteiger partial charge in [0.15, 0.2) is 6.29 Å². The van der Waals surface area contributed by atoms with Gasteiger partial charge in [-0.25, -0.2) is 0 Å². The van der Waals surface area contributed by atoms with Crippen LogP contribution in [0.15, 0.2) is 36.5 Å². The molecule has 7 atom stereocenters. The highest BCUT2D eigenvalue weighted by Crippen LogP contribution is 2.24. The second-order valence-electron chi connectivity index (χ2n) is 26.4. The van der Waals surface area contributed by atoms with E-state index >= 15 is 0 Å². The first kappa shape index (κ1) is 81.4. The van der Waals surface area contributed by atoms with Gasteiger partial charge in [0.2, 0.25) is 5.91 Å². The van der Waals surface area contributed by atoms with E-state index in [4.69, 9.17) is 9.47 Å². The summed E-state index contributed by atoms with van der Waals surface area (Å²) in [6.07, 6.45) is 81.5. The number of amides is 1. The molecule has 1 aliphatic rings. The van der Waals surface area contributed by atoms with Gasteiger partial charge in [-0.3, -0.25) is 4.79 Å². The number of carbonyl (C=O) groups excluding carboxylic acids is 1. The molecule has 0 aromatic heterocycles. The van der Waals surface area contributed by atoms with E-state index in [2.05, 4.69) is 43.5 Å². The Kier molecular flexibility index (Phi) is 62.6. The summed E-state index contributed by atoms with van der Waals surface area (Å²) in [6, 6.07) is -0.828. The van der Waals surface area contributed by atoms with Crippen molar-refractivity contribution in [3.63, 3.8) is 0 Å². The number of hydrogen-bond donors (Lipinski definition) is 6. The van der Waals surface area contributed by atoms with Gasteiger partial charge in [-0.2, -0.15) is 0 Å². The average Bonchev–Trinajstić information content (AvgIpc) is 3.68. The van der Waals surface area contributed by atoms with E-state index < -0.39 is 49.5 Å². The van der Waals surface area contributed by atoms with Crippen molar-refractivity contribution in [2.75, 3.05) is 13.2 Å². The van der Waals surface area contributed by atoms with E-state index in [-0.39, 0.29) is 12.5 Å². The maximum atomic E-state index is 13.1. The van der Waals surface area contributed by atoms with Crippen LogP contribution in [-0.2, 0) is 14.3 Å². The minimum atomic E-state index is -1.58. The third-order valence-electron chi connectivity index (χ3n) is 18.2. The summed E-state index contributed by atoms with van der Waals surface area (Å²) in [5.74, 6) is -0.182. The van der Waals surface area contributed by atoms with Crippen LogP contribution >= 0.6 is 0 Å². The second kappa shape index (κ2) is 65.4. The normalized spacial score (nSPS) is 18.2. The lowest BCUT2D eigenvalue weighted by molar-refractivity contribution is -0.302. The molecule has 0 saturated carbocycles. The van der Waals surface area contributed by atoms with E-state index in [0.717, 1.165) is 44.9 Å². The summed E-state index contributed by atoms with van der Waals surface area (Å²) >= 11 is 0. The predicted molar refractivity (Wildman–Crippen MR) is 364 cm³/mol. The van der Waals surface area contributed by atoms with E-state index in [0.29, 0.717) is 6.42 Å². The van der Waals surface area contributed by atoms with E-state index in [1.54, 1.807) is 6.08 Å². The van der Waals surface area contributed by atoms with Crippen molar-refractivity contribution >= 4 is 5.91 Å². The number of carbonyl (C=O) groups is 1. The Morgan fingerprint density at radius 2 is 0.671 bits per heavy atom. The minimum absolute atomic E-state index is 0.182. The van der Waals surface area contributed by atoms with E-state index in [1.807, 2.05) is 6.08 Å².